The number of likely N-dealkylation sites (N-methyl/N-ethyl adjacent to an activating group) is 1. The molecule has 1 atom stereocenters. The van der Waals surface area contributed by atoms with Crippen molar-refractivity contribution in [1.82, 2.24) is 4.90 Å². The number of methoxy groups -OCH3 is 2. The number of carbonyl (C=O) groups is 1. The molecule has 1 aliphatic rings. The van der Waals surface area contributed by atoms with Crippen molar-refractivity contribution < 1.29 is 32.5 Å². The Bertz CT molecular complexity index is 1440. The molecule has 0 saturated carbocycles. The number of amides is 1. The fourth-order valence-corrected chi connectivity index (χ4v) is 6.16. The molecule has 0 saturated heterocycles. The van der Waals surface area contributed by atoms with Gasteiger partial charge in [-0.1, -0.05) is 43.1 Å². The van der Waals surface area contributed by atoms with E-state index < -0.39 is 28.8 Å². The number of hydrogen-bond acceptors (Lipinski definition) is 5. The van der Waals surface area contributed by atoms with Crippen LogP contribution in [0.3, 0.4) is 0 Å². The highest BCUT2D eigenvalue weighted by atomic mass is 127. The van der Waals surface area contributed by atoms with Crippen molar-refractivity contribution in [2.45, 2.75) is 25.6 Å². The minimum absolute atomic E-state index is 0.0246. The maximum Gasteiger partial charge on any atom is 0.416 e. The van der Waals surface area contributed by atoms with E-state index in [0.29, 0.717) is 15.1 Å². The Balaban J connectivity index is 0.000000408. The minimum Gasteiger partial charge on any atom is -0.496 e. The van der Waals surface area contributed by atoms with Gasteiger partial charge in [0.2, 0.25) is 5.60 Å². The highest BCUT2D eigenvalue weighted by Crippen LogP contribution is 2.52. The van der Waals surface area contributed by atoms with Gasteiger partial charge in [-0.2, -0.15) is 13.2 Å². The lowest BCUT2D eigenvalue weighted by atomic mass is 9.84. The topological polar surface area (TPSA) is 62.2 Å². The van der Waals surface area contributed by atoms with Gasteiger partial charge in [-0.3, -0.25) is 4.79 Å². The van der Waals surface area contributed by atoms with Crippen LogP contribution in [0.15, 0.2) is 48.5 Å². The number of ether oxygens (including phenoxy) is 2. The lowest BCUT2D eigenvalue weighted by Crippen LogP contribution is -2.44. The number of aliphatic hydroxyl groups is 1. The molecule has 6 nitrogen and oxygen atoms in total. The monoisotopic (exact) mass is 850 g/mol. The molecule has 0 spiro atoms. The molecule has 42 heavy (non-hydrogen) atoms. The standard InChI is InChI=1S/C22H23ClF3IN2O3.C7H6ClIO/c1-4-28(5-2)8-9-29-17-12-14(27)11-16(22(24,25)26)19(17)21(31,20(29)30)15-7-6-13(23)10-18(15)32-3;1-10-7-4-5(8)2-3-6(7)9/h6-7,10-12,31H,4-5,8-9H2,1-3H3;2-4H,1H3. The maximum atomic E-state index is 14.1. The zero-order chi connectivity index (χ0) is 31.4. The molecule has 228 valence electrons. The van der Waals surface area contributed by atoms with E-state index in [0.717, 1.165) is 28.5 Å². The normalized spacial score (nSPS) is 16.3. The van der Waals surface area contributed by atoms with Gasteiger partial charge in [-0.25, -0.2) is 0 Å². The summed E-state index contributed by atoms with van der Waals surface area (Å²) >= 11 is 15.7. The van der Waals surface area contributed by atoms with Gasteiger partial charge in [0.15, 0.2) is 0 Å². The lowest BCUT2D eigenvalue weighted by Gasteiger charge is -2.27. The summed E-state index contributed by atoms with van der Waals surface area (Å²) in [5.41, 5.74) is -4.18. The van der Waals surface area contributed by atoms with Crippen LogP contribution < -0.4 is 14.4 Å². The summed E-state index contributed by atoms with van der Waals surface area (Å²) in [6.07, 6.45) is -4.78. The molecule has 1 aliphatic heterocycles. The van der Waals surface area contributed by atoms with Crippen LogP contribution in [0.1, 0.15) is 30.5 Å². The highest BCUT2D eigenvalue weighted by molar-refractivity contribution is 14.1. The molecule has 3 aromatic rings. The van der Waals surface area contributed by atoms with E-state index in [1.165, 1.54) is 36.3 Å². The highest BCUT2D eigenvalue weighted by Gasteiger charge is 2.56. The first-order valence-electron chi connectivity index (χ1n) is 12.7. The summed E-state index contributed by atoms with van der Waals surface area (Å²) in [6.45, 7) is 5.94. The van der Waals surface area contributed by atoms with Crippen LogP contribution >= 0.6 is 68.4 Å². The Labute approximate surface area is 280 Å². The van der Waals surface area contributed by atoms with E-state index in [4.69, 9.17) is 32.7 Å². The number of carbonyl (C=O) groups excluding carboxylic acids is 1. The second-order valence-corrected chi connectivity index (χ2v) is 12.4. The lowest BCUT2D eigenvalue weighted by molar-refractivity contribution is -0.142. The molecule has 0 aromatic heterocycles. The molecule has 0 bridgehead atoms. The number of rotatable bonds is 8. The number of nitrogens with zero attached hydrogens (tertiary/aromatic N) is 2. The molecule has 0 fully saturated rings. The minimum atomic E-state index is -4.78. The van der Waals surface area contributed by atoms with E-state index in [1.54, 1.807) is 35.8 Å². The van der Waals surface area contributed by atoms with Gasteiger partial charge >= 0.3 is 6.18 Å². The maximum absolute atomic E-state index is 14.1. The number of alkyl halides is 3. The third-order valence-electron chi connectivity index (χ3n) is 6.80. The van der Waals surface area contributed by atoms with Gasteiger partial charge in [0.05, 0.1) is 29.0 Å². The molecule has 4 rings (SSSR count). The van der Waals surface area contributed by atoms with Crippen molar-refractivity contribution >= 4 is 80.0 Å². The molecule has 1 heterocycles. The van der Waals surface area contributed by atoms with Gasteiger partial charge in [0.25, 0.3) is 5.91 Å². The number of hydrogen-bond donors (Lipinski definition) is 1. The number of benzene rings is 3. The van der Waals surface area contributed by atoms with Crippen LogP contribution in [0.4, 0.5) is 18.9 Å². The molecule has 0 radical (unpaired) electrons. The van der Waals surface area contributed by atoms with Crippen molar-refractivity contribution in [1.29, 1.82) is 0 Å². The van der Waals surface area contributed by atoms with Crippen molar-refractivity contribution in [2.75, 3.05) is 45.3 Å². The first-order chi connectivity index (χ1) is 19.7. The molecule has 1 amide bonds. The molecule has 0 aliphatic carbocycles. The van der Waals surface area contributed by atoms with Crippen LogP contribution in [-0.2, 0) is 16.6 Å². The largest absolute Gasteiger partial charge is 0.496 e. The van der Waals surface area contributed by atoms with Crippen molar-refractivity contribution in [3.63, 3.8) is 0 Å². The summed E-state index contributed by atoms with van der Waals surface area (Å²) in [7, 11) is 2.93. The zero-order valence-electron chi connectivity index (χ0n) is 23.2. The number of fused-ring (bicyclic) bond motifs is 1. The van der Waals surface area contributed by atoms with Crippen molar-refractivity contribution in [3.8, 4) is 11.5 Å². The van der Waals surface area contributed by atoms with Gasteiger partial charge in [0, 0.05) is 37.8 Å². The zero-order valence-corrected chi connectivity index (χ0v) is 29.0. The van der Waals surface area contributed by atoms with Gasteiger partial charge in [-0.15, -0.1) is 0 Å². The predicted molar refractivity (Wildman–Crippen MR) is 176 cm³/mol. The first kappa shape index (κ1) is 35.0. The predicted octanol–water partition coefficient (Wildman–Crippen LogP) is 7.85. The Morgan fingerprint density at radius 2 is 1.52 bits per heavy atom. The summed E-state index contributed by atoms with van der Waals surface area (Å²) in [5.74, 6) is -0.00236. The fourth-order valence-electron chi connectivity index (χ4n) is 4.67. The fraction of sp³-hybridized carbons (Fsp3) is 0.345. The molecular weight excluding hydrogens is 822 g/mol. The van der Waals surface area contributed by atoms with Crippen LogP contribution in [0.25, 0.3) is 0 Å². The Morgan fingerprint density at radius 1 is 0.952 bits per heavy atom. The van der Waals surface area contributed by atoms with Crippen molar-refractivity contribution in [3.05, 3.63) is 82.4 Å². The van der Waals surface area contributed by atoms with E-state index in [-0.39, 0.29) is 28.6 Å². The quantitative estimate of drug-likeness (QED) is 0.234. The van der Waals surface area contributed by atoms with E-state index in [1.807, 2.05) is 30.9 Å². The molecule has 1 unspecified atom stereocenters. The van der Waals surface area contributed by atoms with Crippen LogP contribution in [0.5, 0.6) is 11.5 Å². The molecule has 1 N–H and O–H groups in total. The first-order valence-corrected chi connectivity index (χ1v) is 15.6. The average molecular weight is 851 g/mol. The SMILES string of the molecule is CCN(CC)CCN1C(=O)C(O)(c2ccc(Cl)cc2OC)c2c1cc(I)cc2C(F)(F)F.COc1cc(Cl)ccc1I. The second-order valence-electron chi connectivity index (χ2n) is 9.16. The summed E-state index contributed by atoms with van der Waals surface area (Å²) in [6, 6.07) is 12.1. The summed E-state index contributed by atoms with van der Waals surface area (Å²) in [4.78, 5) is 16.9. The third kappa shape index (κ3) is 7.40. The van der Waals surface area contributed by atoms with E-state index in [9.17, 15) is 23.1 Å². The van der Waals surface area contributed by atoms with Gasteiger partial charge in [0.1, 0.15) is 11.5 Å². The Kier molecular flexibility index (Phi) is 12.1. The summed E-state index contributed by atoms with van der Waals surface area (Å²) < 4.78 is 54.0. The Hall–Kier alpha value is -1.52. The molecular formula is C29H29Cl2F3I2N2O4. The van der Waals surface area contributed by atoms with E-state index in [2.05, 4.69) is 22.6 Å². The smallest absolute Gasteiger partial charge is 0.416 e. The Morgan fingerprint density at radius 3 is 2.05 bits per heavy atom. The van der Waals surface area contributed by atoms with Crippen LogP contribution in [-0.4, -0.2) is 56.3 Å². The average Bonchev–Trinajstić information content (AvgIpc) is 3.15. The number of anilines is 1. The van der Waals surface area contributed by atoms with E-state index >= 15 is 0 Å². The molecule has 3 aromatic carbocycles. The second kappa shape index (κ2) is 14.5. The van der Waals surface area contributed by atoms with Crippen LogP contribution in [0, 0.1) is 7.14 Å². The molecule has 13 heteroatoms. The number of halogens is 7. The van der Waals surface area contributed by atoms with Crippen molar-refractivity contribution in [2.24, 2.45) is 0 Å². The van der Waals surface area contributed by atoms with Gasteiger partial charge < -0.3 is 24.4 Å². The summed E-state index contributed by atoms with van der Waals surface area (Å²) in [5, 5.41) is 12.7. The van der Waals surface area contributed by atoms with Gasteiger partial charge in [-0.05, 0) is 101 Å². The van der Waals surface area contributed by atoms with Crippen LogP contribution in [0.2, 0.25) is 10.0 Å². The third-order valence-corrected chi connectivity index (χ3v) is 8.78.